The predicted octanol–water partition coefficient (Wildman–Crippen LogP) is 3.12. The van der Waals surface area contributed by atoms with Crippen LogP contribution in [0.1, 0.15) is 31.2 Å². The molecule has 5 heteroatoms. The lowest BCUT2D eigenvalue weighted by molar-refractivity contribution is 0.188. The highest BCUT2D eigenvalue weighted by Crippen LogP contribution is 2.29. The van der Waals surface area contributed by atoms with Crippen molar-refractivity contribution in [2.45, 2.75) is 37.8 Å². The Bertz CT molecular complexity index is 520. The molecular weight excluding hydrogens is 334 g/mol. The Balaban J connectivity index is 1.66. The van der Waals surface area contributed by atoms with Gasteiger partial charge in [-0.2, -0.15) is 0 Å². The Kier molecular flexibility index (Phi) is 4.29. The van der Waals surface area contributed by atoms with Crippen LogP contribution in [-0.4, -0.2) is 35.1 Å². The molecule has 2 aliphatic heterocycles. The number of anilines is 1. The third-order valence-electron chi connectivity index (χ3n) is 4.43. The molecule has 3 nitrogen and oxygen atoms in total. The Hall–Kier alpha value is -0.650. The second-order valence-electron chi connectivity index (χ2n) is 5.76. The minimum atomic E-state index is 0.433. The van der Waals surface area contributed by atoms with Crippen LogP contribution in [0.25, 0.3) is 0 Å². The van der Waals surface area contributed by atoms with E-state index >= 15 is 0 Å². The number of benzene rings is 1. The van der Waals surface area contributed by atoms with Crippen molar-refractivity contribution in [3.8, 4) is 0 Å². The van der Waals surface area contributed by atoms with Crippen molar-refractivity contribution in [3.63, 3.8) is 0 Å². The summed E-state index contributed by atoms with van der Waals surface area (Å²) in [6, 6.07) is 7.51. The lowest BCUT2D eigenvalue weighted by Crippen LogP contribution is -2.42. The van der Waals surface area contributed by atoms with E-state index in [9.17, 15) is 0 Å². The van der Waals surface area contributed by atoms with Gasteiger partial charge in [-0.25, -0.2) is 0 Å². The Morgan fingerprint density at radius 1 is 1.35 bits per heavy atom. The molecule has 20 heavy (non-hydrogen) atoms. The average molecular weight is 354 g/mol. The van der Waals surface area contributed by atoms with Crippen molar-refractivity contribution in [3.05, 3.63) is 28.2 Å². The van der Waals surface area contributed by atoms with Crippen LogP contribution in [0.3, 0.4) is 0 Å². The van der Waals surface area contributed by atoms with Crippen LogP contribution in [0.2, 0.25) is 0 Å². The molecule has 0 saturated carbocycles. The fourth-order valence-corrected chi connectivity index (χ4v) is 4.30. The van der Waals surface area contributed by atoms with E-state index in [1.807, 2.05) is 6.07 Å². The molecule has 2 unspecified atom stereocenters. The van der Waals surface area contributed by atoms with Gasteiger partial charge in [-0.1, -0.05) is 12.2 Å². The molecule has 0 radical (unpaired) electrons. The van der Waals surface area contributed by atoms with Crippen molar-refractivity contribution in [1.82, 2.24) is 4.90 Å². The second kappa shape index (κ2) is 6.00. The van der Waals surface area contributed by atoms with Gasteiger partial charge in [0.15, 0.2) is 0 Å². The number of thiocarbonyl (C=S) groups is 1. The van der Waals surface area contributed by atoms with Crippen LogP contribution in [0, 0.1) is 0 Å². The third-order valence-corrected chi connectivity index (χ3v) is 5.30. The van der Waals surface area contributed by atoms with Crippen molar-refractivity contribution in [2.75, 3.05) is 18.4 Å². The van der Waals surface area contributed by atoms with Gasteiger partial charge < -0.3 is 16.0 Å². The summed E-state index contributed by atoms with van der Waals surface area (Å²) in [6.45, 7) is 2.53. The zero-order valence-corrected chi connectivity index (χ0v) is 13.8. The van der Waals surface area contributed by atoms with E-state index in [1.54, 1.807) is 0 Å². The quantitative estimate of drug-likeness (QED) is 0.819. The molecule has 0 spiro atoms. The summed E-state index contributed by atoms with van der Waals surface area (Å²) in [5.41, 5.74) is 7.73. The minimum Gasteiger partial charge on any atom is -0.389 e. The molecule has 2 heterocycles. The van der Waals surface area contributed by atoms with E-state index in [2.05, 4.69) is 38.3 Å². The summed E-state index contributed by atoms with van der Waals surface area (Å²) in [6.07, 6.45) is 5.22. The maximum atomic E-state index is 5.68. The average Bonchev–Trinajstić information content (AvgIpc) is 2.85. The molecule has 108 valence electrons. The Morgan fingerprint density at radius 3 is 2.95 bits per heavy atom. The maximum Gasteiger partial charge on any atom is 0.105 e. The van der Waals surface area contributed by atoms with Gasteiger partial charge in [0.05, 0.1) is 0 Å². The smallest absolute Gasteiger partial charge is 0.105 e. The van der Waals surface area contributed by atoms with Crippen LogP contribution in [-0.2, 0) is 0 Å². The highest BCUT2D eigenvalue weighted by atomic mass is 79.9. The van der Waals surface area contributed by atoms with Gasteiger partial charge in [0.2, 0.25) is 0 Å². The number of nitrogens with zero attached hydrogens (tertiary/aromatic N) is 1. The standard InChI is InChI=1S/C15H20BrN3S/c16-14-9-10(3-4-13(14)15(17)20)18-11-5-7-19-6-1-2-12(19)8-11/h3-4,9,11-12,18H,1-2,5-8H2,(H2,17,20). The molecule has 2 atom stereocenters. The van der Waals surface area contributed by atoms with E-state index in [0.717, 1.165) is 21.8 Å². The van der Waals surface area contributed by atoms with E-state index < -0.39 is 0 Å². The van der Waals surface area contributed by atoms with Gasteiger partial charge in [0.25, 0.3) is 0 Å². The molecule has 3 rings (SSSR count). The van der Waals surface area contributed by atoms with E-state index in [1.165, 1.54) is 38.8 Å². The van der Waals surface area contributed by atoms with Crippen LogP contribution in [0.4, 0.5) is 5.69 Å². The lowest BCUT2D eigenvalue weighted by Gasteiger charge is -2.35. The number of piperidine rings is 1. The van der Waals surface area contributed by atoms with Gasteiger partial charge in [0.1, 0.15) is 4.99 Å². The van der Waals surface area contributed by atoms with Crippen molar-refractivity contribution in [1.29, 1.82) is 0 Å². The molecule has 2 fully saturated rings. The minimum absolute atomic E-state index is 0.433. The predicted molar refractivity (Wildman–Crippen MR) is 91.3 cm³/mol. The van der Waals surface area contributed by atoms with Gasteiger partial charge in [-0.3, -0.25) is 0 Å². The van der Waals surface area contributed by atoms with Gasteiger partial charge in [-0.15, -0.1) is 0 Å². The molecule has 2 aliphatic rings. The molecule has 0 bridgehead atoms. The van der Waals surface area contributed by atoms with Crippen LogP contribution >= 0.6 is 28.1 Å². The van der Waals surface area contributed by atoms with E-state index in [4.69, 9.17) is 18.0 Å². The van der Waals surface area contributed by atoms with Crippen LogP contribution < -0.4 is 11.1 Å². The fraction of sp³-hybridized carbons (Fsp3) is 0.533. The van der Waals surface area contributed by atoms with Crippen molar-refractivity contribution in [2.24, 2.45) is 5.73 Å². The summed E-state index contributed by atoms with van der Waals surface area (Å²) >= 11 is 8.57. The lowest BCUT2D eigenvalue weighted by atomic mass is 9.97. The molecule has 3 N–H and O–H groups in total. The highest BCUT2D eigenvalue weighted by molar-refractivity contribution is 9.10. The maximum absolute atomic E-state index is 5.68. The van der Waals surface area contributed by atoms with Gasteiger partial charge in [0, 0.05) is 34.4 Å². The zero-order valence-electron chi connectivity index (χ0n) is 11.4. The molecule has 0 amide bonds. The first-order valence-corrected chi connectivity index (χ1v) is 8.43. The number of nitrogens with two attached hydrogens (primary N) is 1. The van der Waals surface area contributed by atoms with Gasteiger partial charge in [-0.05, 0) is 66.4 Å². The zero-order chi connectivity index (χ0) is 14.1. The van der Waals surface area contributed by atoms with E-state index in [0.29, 0.717) is 11.0 Å². The number of hydrogen-bond donors (Lipinski definition) is 2. The topological polar surface area (TPSA) is 41.3 Å². The summed E-state index contributed by atoms with van der Waals surface area (Å²) < 4.78 is 0.966. The first kappa shape index (κ1) is 14.3. The first-order chi connectivity index (χ1) is 9.63. The van der Waals surface area contributed by atoms with Crippen LogP contribution in [0.15, 0.2) is 22.7 Å². The molecule has 2 saturated heterocycles. The number of fused-ring (bicyclic) bond motifs is 1. The fourth-order valence-electron chi connectivity index (χ4n) is 3.40. The summed E-state index contributed by atoms with van der Waals surface area (Å²) in [5, 5.41) is 3.66. The van der Waals surface area contributed by atoms with E-state index in [-0.39, 0.29) is 0 Å². The Morgan fingerprint density at radius 2 is 2.20 bits per heavy atom. The van der Waals surface area contributed by atoms with Crippen LogP contribution in [0.5, 0.6) is 0 Å². The molecule has 1 aromatic carbocycles. The number of nitrogens with one attached hydrogen (secondary N) is 1. The molecule has 0 aliphatic carbocycles. The summed E-state index contributed by atoms with van der Waals surface area (Å²) in [7, 11) is 0. The van der Waals surface area contributed by atoms with Gasteiger partial charge >= 0.3 is 0 Å². The second-order valence-corrected chi connectivity index (χ2v) is 7.05. The monoisotopic (exact) mass is 353 g/mol. The third kappa shape index (κ3) is 3.00. The largest absolute Gasteiger partial charge is 0.389 e. The Labute approximate surface area is 134 Å². The molecule has 0 aromatic heterocycles. The normalized spacial score (nSPS) is 26.2. The molecular formula is C15H20BrN3S. The highest BCUT2D eigenvalue weighted by Gasteiger charge is 2.31. The SMILES string of the molecule is NC(=S)c1ccc(NC2CCN3CCCC3C2)cc1Br. The summed E-state index contributed by atoms with van der Waals surface area (Å²) in [4.78, 5) is 3.08. The molecule has 1 aromatic rings. The number of rotatable bonds is 3. The number of hydrogen-bond acceptors (Lipinski definition) is 3. The van der Waals surface area contributed by atoms with Crippen molar-refractivity contribution < 1.29 is 0 Å². The number of halogens is 1. The summed E-state index contributed by atoms with van der Waals surface area (Å²) in [5.74, 6) is 0. The first-order valence-electron chi connectivity index (χ1n) is 7.23. The van der Waals surface area contributed by atoms with Crippen molar-refractivity contribution >= 4 is 38.8 Å².